The highest BCUT2D eigenvalue weighted by Crippen LogP contribution is 2.18. The van der Waals surface area contributed by atoms with E-state index in [0.29, 0.717) is 19.0 Å². The quantitative estimate of drug-likeness (QED) is 0.731. The highest BCUT2D eigenvalue weighted by Gasteiger charge is 2.29. The van der Waals surface area contributed by atoms with Gasteiger partial charge in [0, 0.05) is 13.1 Å². The largest absolute Gasteiger partial charge is 0.468 e. The van der Waals surface area contributed by atoms with Crippen LogP contribution in [0, 0.1) is 5.92 Å². The molecule has 1 atom stereocenters. The van der Waals surface area contributed by atoms with E-state index in [1.807, 2.05) is 0 Å². The smallest absolute Gasteiger partial charge is 0.323 e. The van der Waals surface area contributed by atoms with Crippen molar-refractivity contribution >= 4 is 16.2 Å². The maximum absolute atomic E-state index is 11.9. The minimum absolute atomic E-state index is 0.504. The highest BCUT2D eigenvalue weighted by molar-refractivity contribution is 7.87. The van der Waals surface area contributed by atoms with Crippen LogP contribution in [-0.2, 0) is 19.7 Å². The first-order valence-electron chi connectivity index (χ1n) is 5.72. The molecule has 1 N–H and O–H groups in total. The Morgan fingerprint density at radius 2 is 1.94 bits per heavy atom. The second kappa shape index (κ2) is 5.79. The van der Waals surface area contributed by atoms with Gasteiger partial charge in [-0.3, -0.25) is 4.79 Å². The lowest BCUT2D eigenvalue weighted by molar-refractivity contribution is -0.142. The summed E-state index contributed by atoms with van der Waals surface area (Å²) in [7, 11) is -2.35. The molecule has 0 aromatic carbocycles. The second-order valence-corrected chi connectivity index (χ2v) is 6.15. The number of methoxy groups -OCH3 is 1. The topological polar surface area (TPSA) is 75.7 Å². The van der Waals surface area contributed by atoms with Gasteiger partial charge >= 0.3 is 5.97 Å². The predicted octanol–water partition coefficient (Wildman–Crippen LogP) is 0.114. The molecule has 0 saturated carbocycles. The van der Waals surface area contributed by atoms with E-state index in [1.165, 1.54) is 18.3 Å². The zero-order valence-electron chi connectivity index (χ0n) is 10.5. The Hall–Kier alpha value is -0.660. The normalized spacial score (nSPS) is 21.1. The number of ether oxygens (including phenoxy) is 1. The maximum atomic E-state index is 11.9. The summed E-state index contributed by atoms with van der Waals surface area (Å²) < 4.78 is 32.0. The Morgan fingerprint density at radius 3 is 2.41 bits per heavy atom. The molecule has 0 aromatic rings. The van der Waals surface area contributed by atoms with E-state index in [-0.39, 0.29) is 0 Å². The first kappa shape index (κ1) is 14.4. The number of carbonyl (C=O) groups is 1. The van der Waals surface area contributed by atoms with Crippen molar-refractivity contribution in [2.45, 2.75) is 32.7 Å². The Labute approximate surface area is 102 Å². The van der Waals surface area contributed by atoms with Crippen LogP contribution in [0.5, 0.6) is 0 Å². The molecule has 0 amide bonds. The summed E-state index contributed by atoms with van der Waals surface area (Å²) in [4.78, 5) is 11.2. The van der Waals surface area contributed by atoms with Crippen molar-refractivity contribution < 1.29 is 17.9 Å². The van der Waals surface area contributed by atoms with E-state index in [2.05, 4.69) is 16.4 Å². The zero-order valence-corrected chi connectivity index (χ0v) is 11.3. The summed E-state index contributed by atoms with van der Waals surface area (Å²) in [5.74, 6) is -0.0292. The van der Waals surface area contributed by atoms with Crippen LogP contribution >= 0.6 is 0 Å². The summed E-state index contributed by atoms with van der Waals surface area (Å²) >= 11 is 0. The van der Waals surface area contributed by atoms with E-state index in [9.17, 15) is 13.2 Å². The summed E-state index contributed by atoms with van der Waals surface area (Å²) in [5, 5.41) is 0. The molecule has 1 saturated heterocycles. The first-order chi connectivity index (χ1) is 7.86. The van der Waals surface area contributed by atoms with Crippen LogP contribution in [-0.4, -0.2) is 44.9 Å². The molecule has 0 bridgehead atoms. The molecular weight excluding hydrogens is 244 g/mol. The molecule has 100 valence electrons. The van der Waals surface area contributed by atoms with Gasteiger partial charge in [-0.25, -0.2) is 0 Å². The fourth-order valence-electron chi connectivity index (χ4n) is 1.75. The van der Waals surface area contributed by atoms with E-state index in [4.69, 9.17) is 0 Å². The van der Waals surface area contributed by atoms with Gasteiger partial charge in [0.05, 0.1) is 7.11 Å². The van der Waals surface area contributed by atoms with Crippen molar-refractivity contribution in [2.75, 3.05) is 20.2 Å². The van der Waals surface area contributed by atoms with Gasteiger partial charge in [-0.1, -0.05) is 6.92 Å². The number of esters is 1. The third-order valence-electron chi connectivity index (χ3n) is 2.96. The molecule has 0 aliphatic carbocycles. The van der Waals surface area contributed by atoms with Crippen molar-refractivity contribution in [1.82, 2.24) is 9.03 Å². The number of hydrogen-bond acceptors (Lipinski definition) is 4. The van der Waals surface area contributed by atoms with E-state index >= 15 is 0 Å². The molecule has 0 spiro atoms. The number of rotatable bonds is 4. The number of nitrogens with one attached hydrogen (secondary N) is 1. The van der Waals surface area contributed by atoms with Crippen LogP contribution < -0.4 is 4.72 Å². The molecule has 1 aliphatic rings. The van der Waals surface area contributed by atoms with Gasteiger partial charge in [-0.05, 0) is 25.7 Å². The lowest BCUT2D eigenvalue weighted by Crippen LogP contribution is -2.49. The SMILES string of the molecule is COC(=O)C(C)NS(=O)(=O)N1CCC(C)CC1. The average molecular weight is 264 g/mol. The third kappa shape index (κ3) is 3.93. The Balaban J connectivity index is 2.59. The van der Waals surface area contributed by atoms with Crippen molar-refractivity contribution in [3.8, 4) is 0 Å². The van der Waals surface area contributed by atoms with Crippen LogP contribution in [0.4, 0.5) is 0 Å². The lowest BCUT2D eigenvalue weighted by Gasteiger charge is -2.30. The Bertz CT molecular complexity index is 361. The molecule has 17 heavy (non-hydrogen) atoms. The highest BCUT2D eigenvalue weighted by atomic mass is 32.2. The van der Waals surface area contributed by atoms with Gasteiger partial charge in [-0.15, -0.1) is 0 Å². The number of nitrogens with zero attached hydrogens (tertiary/aromatic N) is 1. The molecule has 0 radical (unpaired) electrons. The number of piperidine rings is 1. The Kier molecular flexibility index (Phi) is 4.91. The zero-order chi connectivity index (χ0) is 13.1. The molecule has 1 unspecified atom stereocenters. The molecule has 0 aromatic heterocycles. The standard InChI is InChI=1S/C10H20N2O4S/c1-8-4-6-12(7-5-8)17(14,15)11-9(2)10(13)16-3/h8-9,11H,4-7H2,1-3H3. The van der Waals surface area contributed by atoms with Crippen LogP contribution in [0.15, 0.2) is 0 Å². The van der Waals surface area contributed by atoms with Gasteiger partial charge in [0.2, 0.25) is 0 Å². The fraction of sp³-hybridized carbons (Fsp3) is 0.900. The minimum Gasteiger partial charge on any atom is -0.468 e. The summed E-state index contributed by atoms with van der Waals surface area (Å²) in [5.41, 5.74) is 0. The number of carbonyl (C=O) groups excluding carboxylic acids is 1. The van der Waals surface area contributed by atoms with Crippen LogP contribution in [0.3, 0.4) is 0 Å². The van der Waals surface area contributed by atoms with Gasteiger partial charge in [0.1, 0.15) is 6.04 Å². The molecule has 1 rings (SSSR count). The van der Waals surface area contributed by atoms with Crippen molar-refractivity contribution in [1.29, 1.82) is 0 Å². The molecule has 1 fully saturated rings. The average Bonchev–Trinajstić information content (AvgIpc) is 2.27. The molecule has 7 heteroatoms. The van der Waals surface area contributed by atoms with Gasteiger partial charge in [0.15, 0.2) is 0 Å². The molecule has 1 heterocycles. The van der Waals surface area contributed by atoms with Gasteiger partial charge in [0.25, 0.3) is 10.2 Å². The van der Waals surface area contributed by atoms with Gasteiger partial charge in [-0.2, -0.15) is 17.4 Å². The first-order valence-corrected chi connectivity index (χ1v) is 7.16. The Morgan fingerprint density at radius 1 is 1.41 bits per heavy atom. The van der Waals surface area contributed by atoms with Crippen LogP contribution in [0.25, 0.3) is 0 Å². The van der Waals surface area contributed by atoms with E-state index < -0.39 is 22.2 Å². The molecular formula is C10H20N2O4S. The maximum Gasteiger partial charge on any atom is 0.323 e. The fourth-order valence-corrected chi connectivity index (χ4v) is 3.13. The monoisotopic (exact) mass is 264 g/mol. The number of hydrogen-bond donors (Lipinski definition) is 1. The van der Waals surface area contributed by atoms with Crippen molar-refractivity contribution in [3.63, 3.8) is 0 Å². The van der Waals surface area contributed by atoms with E-state index in [1.54, 1.807) is 0 Å². The lowest BCUT2D eigenvalue weighted by atomic mass is 10.0. The minimum atomic E-state index is -3.58. The summed E-state index contributed by atoms with van der Waals surface area (Å²) in [6.07, 6.45) is 1.71. The van der Waals surface area contributed by atoms with Gasteiger partial charge < -0.3 is 4.74 Å². The molecule has 6 nitrogen and oxygen atoms in total. The van der Waals surface area contributed by atoms with Crippen LogP contribution in [0.1, 0.15) is 26.7 Å². The van der Waals surface area contributed by atoms with Crippen LogP contribution in [0.2, 0.25) is 0 Å². The third-order valence-corrected chi connectivity index (χ3v) is 4.66. The molecule has 1 aliphatic heterocycles. The van der Waals surface area contributed by atoms with Crippen molar-refractivity contribution in [3.05, 3.63) is 0 Å². The van der Waals surface area contributed by atoms with Crippen molar-refractivity contribution in [2.24, 2.45) is 5.92 Å². The second-order valence-electron chi connectivity index (χ2n) is 4.45. The summed E-state index contributed by atoms with van der Waals surface area (Å²) in [6, 6.07) is -0.857. The predicted molar refractivity (Wildman–Crippen MR) is 63.5 cm³/mol. The van der Waals surface area contributed by atoms with E-state index in [0.717, 1.165) is 12.8 Å². The summed E-state index contributed by atoms with van der Waals surface area (Å²) in [6.45, 7) is 4.58.